The van der Waals surface area contributed by atoms with Gasteiger partial charge >= 0.3 is 6.09 Å². The smallest absolute Gasteiger partial charge is 0.407 e. The van der Waals surface area contributed by atoms with Crippen LogP contribution in [0.5, 0.6) is 0 Å². The number of nitrogens with zero attached hydrogens (tertiary/aromatic N) is 3. The van der Waals surface area contributed by atoms with Crippen molar-refractivity contribution in [3.8, 4) is 0 Å². The lowest BCUT2D eigenvalue weighted by molar-refractivity contribution is -0.122. The van der Waals surface area contributed by atoms with Crippen LogP contribution in [-0.2, 0) is 16.8 Å². The molecule has 1 fully saturated rings. The van der Waals surface area contributed by atoms with E-state index in [4.69, 9.17) is 0 Å². The Balaban J connectivity index is 1.68. The van der Waals surface area contributed by atoms with Crippen LogP contribution in [-0.4, -0.2) is 48.2 Å². The molecule has 0 spiro atoms. The molecule has 2 heterocycles. The summed E-state index contributed by atoms with van der Waals surface area (Å²) in [7, 11) is 0. The molecule has 1 N–H and O–H groups in total. The fraction of sp³-hybridized carbons (Fsp3) is 0.364. The lowest BCUT2D eigenvalue weighted by Crippen LogP contribution is -2.48. The predicted molar refractivity (Wildman–Crippen MR) is 109 cm³/mol. The van der Waals surface area contributed by atoms with E-state index in [1.165, 1.54) is 17.0 Å². The molecule has 2 aliphatic rings. The Morgan fingerprint density at radius 2 is 1.72 bits per heavy atom. The van der Waals surface area contributed by atoms with E-state index in [1.807, 2.05) is 38.1 Å². The van der Waals surface area contributed by atoms with Gasteiger partial charge in [0.15, 0.2) is 0 Å². The van der Waals surface area contributed by atoms with Crippen LogP contribution in [0.25, 0.3) is 0 Å². The van der Waals surface area contributed by atoms with Crippen LogP contribution in [0.1, 0.15) is 25.0 Å². The second kappa shape index (κ2) is 7.06. The van der Waals surface area contributed by atoms with E-state index in [1.54, 1.807) is 11.0 Å². The Morgan fingerprint density at radius 3 is 2.38 bits per heavy atom. The Labute approximate surface area is 169 Å². The number of rotatable bonds is 3. The van der Waals surface area contributed by atoms with E-state index in [-0.39, 0.29) is 11.7 Å². The maximum absolute atomic E-state index is 13.6. The van der Waals surface area contributed by atoms with Crippen LogP contribution in [0, 0.1) is 5.82 Å². The lowest BCUT2D eigenvalue weighted by Gasteiger charge is -2.36. The first-order valence-corrected chi connectivity index (χ1v) is 9.72. The molecule has 6 nitrogen and oxygen atoms in total. The average molecular weight is 397 g/mol. The van der Waals surface area contributed by atoms with Gasteiger partial charge in [0.05, 0.1) is 17.6 Å². The van der Waals surface area contributed by atoms with Crippen LogP contribution in [0.4, 0.5) is 20.6 Å². The zero-order valence-electron chi connectivity index (χ0n) is 16.6. The number of piperazine rings is 1. The summed E-state index contributed by atoms with van der Waals surface area (Å²) in [6, 6.07) is 12.2. The Bertz CT molecular complexity index is 968. The number of carbonyl (C=O) groups is 2. The van der Waals surface area contributed by atoms with Crippen molar-refractivity contribution in [1.82, 2.24) is 4.90 Å². The van der Waals surface area contributed by atoms with Crippen LogP contribution in [0.3, 0.4) is 0 Å². The van der Waals surface area contributed by atoms with Gasteiger partial charge in [-0.15, -0.1) is 0 Å². The molecule has 0 aliphatic carbocycles. The van der Waals surface area contributed by atoms with Crippen molar-refractivity contribution in [3.05, 3.63) is 59.4 Å². The van der Waals surface area contributed by atoms with Crippen LogP contribution in [0.15, 0.2) is 42.5 Å². The van der Waals surface area contributed by atoms with E-state index in [2.05, 4.69) is 4.90 Å². The number of benzene rings is 2. The molecule has 29 heavy (non-hydrogen) atoms. The topological polar surface area (TPSA) is 64.1 Å². The molecule has 2 aromatic rings. The van der Waals surface area contributed by atoms with Crippen molar-refractivity contribution in [3.63, 3.8) is 0 Å². The lowest BCUT2D eigenvalue weighted by atomic mass is 9.84. The van der Waals surface area contributed by atoms with Crippen LogP contribution in [0.2, 0.25) is 0 Å². The molecule has 0 radical (unpaired) electrons. The van der Waals surface area contributed by atoms with Crippen molar-refractivity contribution >= 4 is 23.4 Å². The third kappa shape index (κ3) is 3.30. The van der Waals surface area contributed by atoms with Gasteiger partial charge in [-0.25, -0.2) is 9.18 Å². The number of amides is 2. The number of anilines is 2. The van der Waals surface area contributed by atoms with Gasteiger partial charge in [-0.2, -0.15) is 0 Å². The molecule has 7 heteroatoms. The highest BCUT2D eigenvalue weighted by atomic mass is 19.1. The molecule has 0 aromatic heterocycles. The minimum absolute atomic E-state index is 0.0200. The van der Waals surface area contributed by atoms with Gasteiger partial charge in [0.25, 0.3) is 0 Å². The number of hydrogen-bond acceptors (Lipinski definition) is 3. The summed E-state index contributed by atoms with van der Waals surface area (Å²) in [4.78, 5) is 29.8. The fourth-order valence-corrected chi connectivity index (χ4v) is 4.32. The maximum Gasteiger partial charge on any atom is 0.407 e. The molecule has 4 rings (SSSR count). The summed E-state index contributed by atoms with van der Waals surface area (Å²) in [6.07, 6.45) is -0.903. The third-order valence-electron chi connectivity index (χ3n) is 5.84. The molecule has 0 atom stereocenters. The molecule has 2 aliphatic heterocycles. The summed E-state index contributed by atoms with van der Waals surface area (Å²) in [5.41, 5.74) is 2.77. The summed E-state index contributed by atoms with van der Waals surface area (Å²) in [5, 5.41) is 9.19. The molecule has 2 amide bonds. The van der Waals surface area contributed by atoms with E-state index in [0.717, 1.165) is 22.5 Å². The predicted octanol–water partition coefficient (Wildman–Crippen LogP) is 3.45. The standard InChI is InChI=1S/C22H24FN3O3/c1-22(2)19-17(24-9-11-25(12-10-24)21(28)29)7-4-8-18(19)26(20(22)27)14-15-5-3-6-16(23)13-15/h3-8,13H,9-12,14H2,1-2H3,(H,28,29). The summed E-state index contributed by atoms with van der Waals surface area (Å²) < 4.78 is 13.6. The van der Waals surface area contributed by atoms with Crippen molar-refractivity contribution in [2.45, 2.75) is 25.8 Å². The number of fused-ring (bicyclic) bond motifs is 1. The second-order valence-electron chi connectivity index (χ2n) is 8.07. The monoisotopic (exact) mass is 397 g/mol. The van der Waals surface area contributed by atoms with Crippen molar-refractivity contribution in [1.29, 1.82) is 0 Å². The maximum atomic E-state index is 13.6. The zero-order valence-corrected chi connectivity index (χ0v) is 16.6. The summed E-state index contributed by atoms with van der Waals surface area (Å²) in [5.74, 6) is -0.341. The van der Waals surface area contributed by atoms with Gasteiger partial charge in [0.1, 0.15) is 5.82 Å². The first-order chi connectivity index (χ1) is 13.8. The van der Waals surface area contributed by atoms with Crippen molar-refractivity contribution < 1.29 is 19.1 Å². The number of hydrogen-bond donors (Lipinski definition) is 1. The third-order valence-corrected chi connectivity index (χ3v) is 5.84. The summed E-state index contributed by atoms with van der Waals surface area (Å²) >= 11 is 0. The Hall–Kier alpha value is -3.09. The minimum atomic E-state index is -0.903. The quantitative estimate of drug-likeness (QED) is 0.862. The SMILES string of the molecule is CC1(C)C(=O)N(Cc2cccc(F)c2)c2cccc(N3CCN(C(=O)O)CC3)c21. The van der Waals surface area contributed by atoms with Gasteiger partial charge in [0, 0.05) is 37.4 Å². The first-order valence-electron chi connectivity index (χ1n) is 9.72. The normalized spacial score (nSPS) is 18.2. The zero-order chi connectivity index (χ0) is 20.8. The number of halogens is 1. The molecule has 152 valence electrons. The second-order valence-corrected chi connectivity index (χ2v) is 8.07. The molecule has 0 saturated carbocycles. The van der Waals surface area contributed by atoms with Crippen LogP contribution < -0.4 is 9.80 Å². The van der Waals surface area contributed by atoms with Gasteiger partial charge < -0.3 is 19.8 Å². The molecule has 0 bridgehead atoms. The number of carbonyl (C=O) groups excluding carboxylic acids is 1. The number of carboxylic acid groups (broad SMARTS) is 1. The van der Waals surface area contributed by atoms with Crippen molar-refractivity contribution in [2.75, 3.05) is 36.0 Å². The fourth-order valence-electron chi connectivity index (χ4n) is 4.32. The molecule has 2 aromatic carbocycles. The highest BCUT2D eigenvalue weighted by Crippen LogP contribution is 2.47. The van der Waals surface area contributed by atoms with Crippen molar-refractivity contribution in [2.24, 2.45) is 0 Å². The Kier molecular flexibility index (Phi) is 4.68. The van der Waals surface area contributed by atoms with E-state index >= 15 is 0 Å². The Morgan fingerprint density at radius 1 is 1.07 bits per heavy atom. The summed E-state index contributed by atoms with van der Waals surface area (Å²) in [6.45, 7) is 6.16. The van der Waals surface area contributed by atoms with Gasteiger partial charge in [-0.05, 0) is 43.7 Å². The van der Waals surface area contributed by atoms with E-state index in [9.17, 15) is 19.1 Å². The molecule has 1 saturated heterocycles. The van der Waals surface area contributed by atoms with Crippen LogP contribution >= 0.6 is 0 Å². The molecule has 0 unspecified atom stereocenters. The van der Waals surface area contributed by atoms with Gasteiger partial charge in [-0.1, -0.05) is 18.2 Å². The molecular weight excluding hydrogens is 373 g/mol. The first kappa shape index (κ1) is 19.2. The van der Waals surface area contributed by atoms with Gasteiger partial charge in [-0.3, -0.25) is 4.79 Å². The highest BCUT2D eigenvalue weighted by Gasteiger charge is 2.46. The minimum Gasteiger partial charge on any atom is -0.465 e. The van der Waals surface area contributed by atoms with E-state index < -0.39 is 11.5 Å². The highest BCUT2D eigenvalue weighted by molar-refractivity contribution is 6.09. The largest absolute Gasteiger partial charge is 0.465 e. The average Bonchev–Trinajstić information content (AvgIpc) is 2.89. The van der Waals surface area contributed by atoms with Gasteiger partial charge in [0.2, 0.25) is 5.91 Å². The van der Waals surface area contributed by atoms with E-state index in [0.29, 0.717) is 32.7 Å². The molecular formula is C22H24FN3O3.